The van der Waals surface area contributed by atoms with Crippen LogP contribution in [0.3, 0.4) is 0 Å². The first kappa shape index (κ1) is 16.1. The van der Waals surface area contributed by atoms with Gasteiger partial charge in [0.05, 0.1) is 0 Å². The van der Waals surface area contributed by atoms with Gasteiger partial charge >= 0.3 is 0 Å². The van der Waals surface area contributed by atoms with Gasteiger partial charge in [0, 0.05) is 5.97 Å². The third kappa shape index (κ3) is 228. The molecule has 6 heavy (non-hydrogen) atoms. The molecule has 0 spiro atoms. The van der Waals surface area contributed by atoms with Crippen molar-refractivity contribution in [3.05, 3.63) is 0 Å². The van der Waals surface area contributed by atoms with Crippen LogP contribution in [0.5, 0.6) is 0 Å². The summed E-state index contributed by atoms with van der Waals surface area (Å²) in [4.78, 5) is 8.89. The van der Waals surface area contributed by atoms with Crippen LogP contribution in [0, 0.1) is 0 Å². The van der Waals surface area contributed by atoms with E-state index in [0.29, 0.717) is 0 Å². The lowest BCUT2D eigenvalue weighted by Gasteiger charge is -1.77. The number of carboxylic acid groups (broad SMARTS) is 1. The van der Waals surface area contributed by atoms with Gasteiger partial charge in [-0.15, -0.1) is 0 Å². The van der Waals surface area contributed by atoms with Crippen molar-refractivity contribution in [1.29, 1.82) is 0 Å². The summed E-state index contributed by atoms with van der Waals surface area (Å²) in [6.07, 6.45) is 0. The summed E-state index contributed by atoms with van der Waals surface area (Å²) in [7, 11) is 0. The molecule has 0 heterocycles. The van der Waals surface area contributed by atoms with Crippen molar-refractivity contribution in [3.63, 3.8) is 0 Å². The monoisotopic (exact) mass is 221 g/mol. The quantitative estimate of drug-likeness (QED) is 0.381. The van der Waals surface area contributed by atoms with E-state index in [0.717, 1.165) is 6.92 Å². The maximum Gasteiger partial charge on any atom is 0.0383 e. The largest absolute Gasteiger partial charge is 1.00 e. The Bertz CT molecular complexity index is 34.5. The minimum Gasteiger partial charge on any atom is -1.00 e. The molecule has 0 atom stereocenters. The zero-order valence-electron chi connectivity index (χ0n) is 3.07. The Morgan fingerprint density at radius 3 is 1.67 bits per heavy atom. The number of halogens is 2. The summed E-state index contributed by atoms with van der Waals surface area (Å²) >= 11 is 0. The third-order valence-corrected chi connectivity index (χ3v) is 0. The van der Waals surface area contributed by atoms with E-state index >= 15 is 0 Å². The van der Waals surface area contributed by atoms with Gasteiger partial charge in [-0.2, -0.15) is 0 Å². The van der Waals surface area contributed by atoms with Gasteiger partial charge < -0.3 is 46.3 Å². The van der Waals surface area contributed by atoms with Crippen molar-refractivity contribution < 1.29 is 46.3 Å². The molecule has 0 saturated carbocycles. The highest BCUT2D eigenvalue weighted by atomic mass is 127. The van der Waals surface area contributed by atoms with E-state index in [2.05, 4.69) is 0 Å². The predicted octanol–water partition coefficient (Wildman–Crippen LogP) is -7.24. The normalized spacial score (nSPS) is 4.17. The molecule has 0 amide bonds. The Morgan fingerprint density at radius 2 is 1.67 bits per heavy atom. The molecule has 0 aliphatic carbocycles. The topological polar surface area (TPSA) is 40.1 Å². The summed E-state index contributed by atoms with van der Waals surface area (Å²) in [5, 5.41) is 8.89. The van der Waals surface area contributed by atoms with Crippen molar-refractivity contribution in [3.8, 4) is 0 Å². The zero-order valence-corrected chi connectivity index (χ0v) is 5.99. The van der Waals surface area contributed by atoms with Gasteiger partial charge in [0.25, 0.3) is 0 Å². The lowest BCUT2D eigenvalue weighted by atomic mass is 10.9. The van der Waals surface area contributed by atoms with Crippen molar-refractivity contribution in [2.45, 2.75) is 6.92 Å². The molecule has 0 aromatic heterocycles. The third-order valence-electron chi connectivity index (χ3n) is 0. The number of hydrogen-bond donors (Lipinski definition) is 0. The Kier molecular flexibility index (Phi) is 24.3. The highest BCUT2D eigenvalue weighted by Crippen LogP contribution is 1.31. The fourth-order valence-corrected chi connectivity index (χ4v) is 0. The van der Waals surface area contributed by atoms with Crippen LogP contribution in [-0.2, 0) is 4.79 Å². The first-order chi connectivity index (χ1) is 1.73. The zero-order chi connectivity index (χ0) is 3.58. The molecular formula is C2H3ClIO2-3. The van der Waals surface area contributed by atoms with E-state index in [1.165, 1.54) is 0 Å². The maximum absolute atomic E-state index is 8.89. The predicted molar refractivity (Wildman–Crippen MR) is 10.7 cm³/mol. The lowest BCUT2D eigenvalue weighted by molar-refractivity contribution is -0.302. The summed E-state index contributed by atoms with van der Waals surface area (Å²) in [6.45, 7) is 0.972. The Morgan fingerprint density at radius 1 is 1.67 bits per heavy atom. The summed E-state index contributed by atoms with van der Waals surface area (Å²) < 4.78 is 0. The van der Waals surface area contributed by atoms with Crippen LogP contribution in [-0.4, -0.2) is 5.97 Å². The SMILES string of the molecule is CC(=O)[O-].[Cl-].[I-]. The van der Waals surface area contributed by atoms with E-state index in [1.54, 1.807) is 0 Å². The Hall–Kier alpha value is 0.490. The average Bonchev–Trinajstić information content (AvgIpc) is 0.811. The van der Waals surface area contributed by atoms with Gasteiger partial charge in [-0.1, -0.05) is 0 Å². The molecule has 40 valence electrons. The van der Waals surface area contributed by atoms with Crippen molar-refractivity contribution in [2.75, 3.05) is 0 Å². The molecule has 0 fully saturated rings. The summed E-state index contributed by atoms with van der Waals surface area (Å²) in [5.74, 6) is -1.08. The number of carbonyl (C=O) groups excluding carboxylic acids is 1. The molecule has 0 aromatic rings. The van der Waals surface area contributed by atoms with Gasteiger partial charge in [0.2, 0.25) is 0 Å². The van der Waals surface area contributed by atoms with Crippen LogP contribution in [0.15, 0.2) is 0 Å². The highest BCUT2D eigenvalue weighted by Gasteiger charge is 1.46. The molecule has 0 N–H and O–H groups in total. The van der Waals surface area contributed by atoms with E-state index in [-0.39, 0.29) is 36.4 Å². The Balaban J connectivity index is -0.0000000450. The molecular weight excluding hydrogens is 218 g/mol. The molecule has 2 nitrogen and oxygen atoms in total. The molecule has 0 radical (unpaired) electrons. The minimum atomic E-state index is -1.08. The lowest BCUT2D eigenvalue weighted by Crippen LogP contribution is -3.00. The first-order valence-electron chi connectivity index (χ1n) is 0.908. The molecule has 4 heteroatoms. The van der Waals surface area contributed by atoms with Crippen LogP contribution in [0.1, 0.15) is 6.92 Å². The second-order valence-electron chi connectivity index (χ2n) is 0.492. The van der Waals surface area contributed by atoms with E-state index < -0.39 is 5.97 Å². The highest BCUT2D eigenvalue weighted by molar-refractivity contribution is 5.60. The van der Waals surface area contributed by atoms with Crippen LogP contribution >= 0.6 is 0 Å². The standard InChI is InChI=1S/C2H4O2.ClH.HI/c1-2(3)4;;/h1H3,(H,3,4);2*1H/p-3. The van der Waals surface area contributed by atoms with Crippen molar-refractivity contribution in [1.82, 2.24) is 0 Å². The van der Waals surface area contributed by atoms with Crippen LogP contribution < -0.4 is 41.5 Å². The first-order valence-corrected chi connectivity index (χ1v) is 0.908. The molecule has 0 saturated heterocycles. The second-order valence-corrected chi connectivity index (χ2v) is 0.492. The van der Waals surface area contributed by atoms with E-state index in [1.807, 2.05) is 0 Å². The van der Waals surface area contributed by atoms with E-state index in [4.69, 9.17) is 9.90 Å². The summed E-state index contributed by atoms with van der Waals surface area (Å²) in [5.41, 5.74) is 0. The van der Waals surface area contributed by atoms with Crippen LogP contribution in [0.4, 0.5) is 0 Å². The fraction of sp³-hybridized carbons (Fsp3) is 0.500. The molecule has 0 unspecified atom stereocenters. The molecule has 0 aliphatic heterocycles. The molecule has 0 rings (SSSR count). The Labute approximate surface area is 59.4 Å². The second kappa shape index (κ2) is 9.09. The number of rotatable bonds is 0. The smallest absolute Gasteiger partial charge is 0.0383 e. The van der Waals surface area contributed by atoms with Gasteiger partial charge in [-0.05, 0) is 6.92 Å². The van der Waals surface area contributed by atoms with Crippen LogP contribution in [0.2, 0.25) is 0 Å². The maximum atomic E-state index is 8.89. The van der Waals surface area contributed by atoms with Crippen molar-refractivity contribution in [2.24, 2.45) is 0 Å². The van der Waals surface area contributed by atoms with Gasteiger partial charge in [-0.25, -0.2) is 0 Å². The van der Waals surface area contributed by atoms with Gasteiger partial charge in [0.15, 0.2) is 0 Å². The van der Waals surface area contributed by atoms with Gasteiger partial charge in [0.1, 0.15) is 0 Å². The number of carboxylic acids is 1. The molecule has 0 aromatic carbocycles. The minimum absolute atomic E-state index is 0. The molecule has 0 bridgehead atoms. The number of hydrogen-bond acceptors (Lipinski definition) is 2. The molecule has 0 aliphatic rings. The van der Waals surface area contributed by atoms with Crippen molar-refractivity contribution >= 4 is 5.97 Å². The van der Waals surface area contributed by atoms with Crippen LogP contribution in [0.25, 0.3) is 0 Å². The van der Waals surface area contributed by atoms with Gasteiger partial charge in [-0.3, -0.25) is 0 Å². The number of carbonyl (C=O) groups is 1. The summed E-state index contributed by atoms with van der Waals surface area (Å²) in [6, 6.07) is 0. The van der Waals surface area contributed by atoms with E-state index in [9.17, 15) is 0 Å². The fourth-order valence-electron chi connectivity index (χ4n) is 0. The average molecular weight is 221 g/mol. The number of aliphatic carboxylic acids is 1.